The third-order valence-electron chi connectivity index (χ3n) is 8.21. The Bertz CT molecular complexity index is 959. The van der Waals surface area contributed by atoms with Crippen molar-refractivity contribution in [1.82, 2.24) is 15.1 Å². The predicted molar refractivity (Wildman–Crippen MR) is 127 cm³/mol. The summed E-state index contributed by atoms with van der Waals surface area (Å²) in [4.78, 5) is 12.8. The smallest absolute Gasteiger partial charge is 0.254 e. The minimum Gasteiger partial charge on any atom is -0.351 e. The number of hydrogen-bond acceptors (Lipinski definition) is 2. The van der Waals surface area contributed by atoms with Crippen molar-refractivity contribution in [3.05, 3.63) is 52.8 Å². The van der Waals surface area contributed by atoms with Gasteiger partial charge in [-0.15, -0.1) is 0 Å². The second-order valence-corrected chi connectivity index (χ2v) is 11.1. The van der Waals surface area contributed by atoms with Crippen molar-refractivity contribution in [2.45, 2.75) is 91.0 Å². The van der Waals surface area contributed by atoms with Gasteiger partial charge >= 0.3 is 0 Å². The summed E-state index contributed by atoms with van der Waals surface area (Å²) in [5.41, 5.74) is 5.54. The molecule has 1 heterocycles. The molecule has 2 aromatic rings. The molecule has 0 aliphatic heterocycles. The second-order valence-electron chi connectivity index (χ2n) is 11.1. The maximum absolute atomic E-state index is 12.8. The molecule has 1 amide bonds. The Labute approximate surface area is 187 Å². The van der Waals surface area contributed by atoms with Crippen molar-refractivity contribution in [1.29, 1.82) is 0 Å². The largest absolute Gasteiger partial charge is 0.351 e. The molecule has 0 bridgehead atoms. The van der Waals surface area contributed by atoms with Gasteiger partial charge < -0.3 is 5.32 Å². The fourth-order valence-electron chi connectivity index (χ4n) is 6.34. The average Bonchev–Trinajstić information content (AvgIpc) is 3.22. The van der Waals surface area contributed by atoms with Crippen LogP contribution in [0, 0.1) is 11.3 Å². The Morgan fingerprint density at radius 1 is 1.23 bits per heavy atom. The fraction of sp³-hybridized carbons (Fsp3) is 0.630. The van der Waals surface area contributed by atoms with E-state index in [1.807, 2.05) is 10.9 Å². The number of carbonyl (C=O) groups excluding carboxylic acids is 1. The van der Waals surface area contributed by atoms with E-state index in [9.17, 15) is 4.79 Å². The van der Waals surface area contributed by atoms with E-state index in [1.54, 1.807) is 17.3 Å². The van der Waals surface area contributed by atoms with Crippen LogP contribution in [0.1, 0.15) is 106 Å². The van der Waals surface area contributed by atoms with Crippen molar-refractivity contribution < 1.29 is 4.79 Å². The van der Waals surface area contributed by atoms with Crippen LogP contribution in [0.5, 0.6) is 0 Å². The number of carbonyl (C=O) groups is 1. The van der Waals surface area contributed by atoms with E-state index in [4.69, 9.17) is 0 Å². The van der Waals surface area contributed by atoms with Crippen molar-refractivity contribution in [2.75, 3.05) is 6.54 Å². The van der Waals surface area contributed by atoms with Crippen LogP contribution in [-0.2, 0) is 11.8 Å². The van der Waals surface area contributed by atoms with Gasteiger partial charge in [0.1, 0.15) is 0 Å². The van der Waals surface area contributed by atoms with E-state index in [-0.39, 0.29) is 22.8 Å². The number of rotatable bonds is 5. The molecule has 2 aliphatic rings. The number of hydrogen-bond donors (Lipinski definition) is 1. The fourth-order valence-corrected chi connectivity index (χ4v) is 6.34. The molecular weight excluding hydrogens is 382 g/mol. The summed E-state index contributed by atoms with van der Waals surface area (Å²) in [7, 11) is 0. The summed E-state index contributed by atoms with van der Waals surface area (Å²) >= 11 is 0. The van der Waals surface area contributed by atoms with Crippen LogP contribution in [0.25, 0.3) is 0 Å². The van der Waals surface area contributed by atoms with E-state index in [1.165, 1.54) is 31.2 Å². The number of amides is 1. The summed E-state index contributed by atoms with van der Waals surface area (Å²) in [5.74, 6) is 1.16. The first-order chi connectivity index (χ1) is 14.6. The van der Waals surface area contributed by atoms with Gasteiger partial charge in [0.2, 0.25) is 0 Å². The van der Waals surface area contributed by atoms with Gasteiger partial charge in [-0.05, 0) is 78.9 Å². The maximum Gasteiger partial charge on any atom is 0.254 e. The van der Waals surface area contributed by atoms with Gasteiger partial charge in [-0.2, -0.15) is 5.10 Å². The Kier molecular flexibility index (Phi) is 5.78. The van der Waals surface area contributed by atoms with Crippen LogP contribution in [0.15, 0.2) is 30.6 Å². The van der Waals surface area contributed by atoms with Crippen molar-refractivity contribution >= 4 is 5.91 Å². The van der Waals surface area contributed by atoms with E-state index >= 15 is 0 Å². The minimum atomic E-state index is -0.00168. The van der Waals surface area contributed by atoms with Gasteiger partial charge in [0.25, 0.3) is 5.91 Å². The average molecular weight is 422 g/mol. The number of nitrogens with one attached hydrogen (secondary N) is 1. The highest BCUT2D eigenvalue weighted by Crippen LogP contribution is 2.57. The molecule has 31 heavy (non-hydrogen) atoms. The Morgan fingerprint density at radius 3 is 2.68 bits per heavy atom. The lowest BCUT2D eigenvalue weighted by Gasteiger charge is -2.55. The Hall–Kier alpha value is -2.10. The van der Waals surface area contributed by atoms with Crippen LogP contribution < -0.4 is 5.32 Å². The highest BCUT2D eigenvalue weighted by atomic mass is 16.1. The summed E-state index contributed by atoms with van der Waals surface area (Å²) in [5, 5.41) is 7.59. The molecule has 3 atom stereocenters. The van der Waals surface area contributed by atoms with Crippen LogP contribution in [0.2, 0.25) is 0 Å². The molecule has 1 aromatic heterocycles. The van der Waals surface area contributed by atoms with Crippen molar-refractivity contribution in [3.63, 3.8) is 0 Å². The Balaban J connectivity index is 1.53. The highest BCUT2D eigenvalue weighted by molar-refractivity contribution is 5.93. The van der Waals surface area contributed by atoms with E-state index in [0.717, 1.165) is 13.0 Å². The van der Waals surface area contributed by atoms with Gasteiger partial charge in [-0.3, -0.25) is 9.48 Å². The molecule has 1 N–H and O–H groups in total. The zero-order valence-corrected chi connectivity index (χ0v) is 20.2. The molecule has 1 saturated carbocycles. The van der Waals surface area contributed by atoms with Gasteiger partial charge in [0.15, 0.2) is 0 Å². The zero-order chi connectivity index (χ0) is 22.4. The third-order valence-corrected chi connectivity index (χ3v) is 8.21. The Morgan fingerprint density at radius 2 is 2.00 bits per heavy atom. The number of aryl methyl sites for hydroxylation is 1. The first-order valence-electron chi connectivity index (χ1n) is 12.1. The number of nitrogens with zero attached hydrogens (tertiary/aromatic N) is 2. The molecule has 4 heteroatoms. The molecule has 168 valence electrons. The number of aromatic nitrogens is 2. The van der Waals surface area contributed by atoms with Crippen LogP contribution >= 0.6 is 0 Å². The SMILES string of the molecule is CC(C)c1ccc2c(c1)CC[C@H]1[C@](C)(CNC(=O)c3cnn(C(C)C)c3)CCC[C@]21C. The topological polar surface area (TPSA) is 46.9 Å². The quantitative estimate of drug-likeness (QED) is 0.641. The molecule has 0 radical (unpaired) electrons. The molecule has 0 spiro atoms. The third kappa shape index (κ3) is 3.94. The van der Waals surface area contributed by atoms with Crippen molar-refractivity contribution in [3.8, 4) is 0 Å². The molecule has 4 rings (SSSR count). The molecule has 2 aliphatic carbocycles. The molecule has 4 nitrogen and oxygen atoms in total. The summed E-state index contributed by atoms with van der Waals surface area (Å²) < 4.78 is 1.85. The predicted octanol–water partition coefficient (Wildman–Crippen LogP) is 6.03. The first kappa shape index (κ1) is 22.1. The zero-order valence-electron chi connectivity index (χ0n) is 20.2. The lowest BCUT2D eigenvalue weighted by Crippen LogP contribution is -2.53. The number of benzene rings is 1. The van der Waals surface area contributed by atoms with Crippen LogP contribution in [0.4, 0.5) is 0 Å². The van der Waals surface area contributed by atoms with E-state index in [0.29, 0.717) is 17.4 Å². The van der Waals surface area contributed by atoms with Crippen molar-refractivity contribution in [2.24, 2.45) is 11.3 Å². The normalized spacial score (nSPS) is 27.8. The van der Waals surface area contributed by atoms with Gasteiger partial charge in [0, 0.05) is 18.8 Å². The van der Waals surface area contributed by atoms with Crippen LogP contribution in [-0.4, -0.2) is 22.2 Å². The monoisotopic (exact) mass is 421 g/mol. The summed E-state index contributed by atoms with van der Waals surface area (Å²) in [6.45, 7) is 14.3. The summed E-state index contributed by atoms with van der Waals surface area (Å²) in [6, 6.07) is 7.48. The summed E-state index contributed by atoms with van der Waals surface area (Å²) in [6.07, 6.45) is 9.55. The number of fused-ring (bicyclic) bond motifs is 3. The molecular formula is C27H39N3O. The van der Waals surface area contributed by atoms with E-state index in [2.05, 4.69) is 70.2 Å². The standard InChI is InChI=1S/C27H39N3O/c1-18(2)20-8-10-23-21(14-20)9-11-24-26(5,12-7-13-27(23,24)6)17-28-25(31)22-15-29-30(16-22)19(3)4/h8,10,14-16,18-19,24H,7,9,11-13,17H2,1-6H3,(H,28,31)/t24-,26-,27+/m0/s1. The maximum atomic E-state index is 12.8. The molecule has 0 unspecified atom stereocenters. The van der Waals surface area contributed by atoms with Gasteiger partial charge in [-0.1, -0.05) is 52.3 Å². The van der Waals surface area contributed by atoms with E-state index < -0.39 is 0 Å². The van der Waals surface area contributed by atoms with Gasteiger partial charge in [-0.25, -0.2) is 0 Å². The lowest BCUT2D eigenvalue weighted by molar-refractivity contribution is 0.0254. The molecule has 1 fully saturated rings. The lowest BCUT2D eigenvalue weighted by atomic mass is 9.49. The molecule has 0 saturated heterocycles. The molecule has 1 aromatic carbocycles. The van der Waals surface area contributed by atoms with Gasteiger partial charge in [0.05, 0.1) is 11.8 Å². The minimum absolute atomic E-state index is 0.00168. The highest BCUT2D eigenvalue weighted by Gasteiger charge is 2.51. The second kappa shape index (κ2) is 8.11. The van der Waals surface area contributed by atoms with Crippen LogP contribution in [0.3, 0.4) is 0 Å². The first-order valence-corrected chi connectivity index (χ1v) is 12.1.